The third-order valence-electron chi connectivity index (χ3n) is 1.59. The number of hydrogen-bond acceptors (Lipinski definition) is 4. The van der Waals surface area contributed by atoms with Crippen molar-refractivity contribution in [2.24, 2.45) is 0 Å². The summed E-state index contributed by atoms with van der Waals surface area (Å²) in [5, 5.41) is 10.7. The van der Waals surface area contributed by atoms with Crippen LogP contribution in [0.15, 0.2) is 6.07 Å². The van der Waals surface area contributed by atoms with E-state index in [-0.39, 0.29) is 11.1 Å². The van der Waals surface area contributed by atoms with Gasteiger partial charge in [0.1, 0.15) is 12.4 Å². The van der Waals surface area contributed by atoms with Crippen LogP contribution in [0.25, 0.3) is 0 Å². The Morgan fingerprint density at radius 2 is 2.20 bits per heavy atom. The lowest BCUT2D eigenvalue weighted by atomic mass is 10.3. The zero-order valence-electron chi connectivity index (χ0n) is 7.97. The van der Waals surface area contributed by atoms with Gasteiger partial charge >= 0.3 is 0 Å². The fourth-order valence-electron chi connectivity index (χ4n) is 0.899. The number of nitrogens with zero attached hydrogens (tertiary/aromatic N) is 2. The lowest BCUT2D eigenvalue weighted by Gasteiger charge is -2.14. The molecule has 0 atom stereocenters. The standard InChI is InChI=1S/C8H10ClF2N3O/c1-5-2-6(14-7(9)13-5)12-3-8(10,11)4-15/h2,15H,3-4H2,1H3,(H,12,13,14). The minimum Gasteiger partial charge on any atom is -0.390 e. The second kappa shape index (κ2) is 4.67. The Hall–Kier alpha value is -1.01. The molecule has 0 amide bonds. The van der Waals surface area contributed by atoms with E-state index in [1.165, 1.54) is 6.07 Å². The van der Waals surface area contributed by atoms with E-state index < -0.39 is 19.1 Å². The molecule has 1 rings (SSSR count). The number of aromatic nitrogens is 2. The van der Waals surface area contributed by atoms with Gasteiger partial charge in [-0.15, -0.1) is 0 Å². The van der Waals surface area contributed by atoms with Gasteiger partial charge in [0.05, 0.1) is 6.54 Å². The van der Waals surface area contributed by atoms with Crippen molar-refractivity contribution in [3.63, 3.8) is 0 Å². The number of rotatable bonds is 4. The topological polar surface area (TPSA) is 58.0 Å². The molecule has 0 spiro atoms. The second-order valence-electron chi connectivity index (χ2n) is 3.03. The van der Waals surface area contributed by atoms with Crippen LogP contribution in [0.5, 0.6) is 0 Å². The molecule has 1 heterocycles. The summed E-state index contributed by atoms with van der Waals surface area (Å²) in [5.74, 6) is -2.97. The first-order valence-electron chi connectivity index (χ1n) is 4.17. The van der Waals surface area contributed by atoms with Crippen LogP contribution in [0, 0.1) is 6.92 Å². The summed E-state index contributed by atoms with van der Waals surface area (Å²) in [6.07, 6.45) is 0. The van der Waals surface area contributed by atoms with Crippen molar-refractivity contribution in [1.82, 2.24) is 9.97 Å². The van der Waals surface area contributed by atoms with Crippen LogP contribution >= 0.6 is 11.6 Å². The Balaban J connectivity index is 2.65. The number of aliphatic hydroxyl groups is 1. The SMILES string of the molecule is Cc1cc(NCC(F)(F)CO)nc(Cl)n1. The monoisotopic (exact) mass is 237 g/mol. The minimum atomic E-state index is -3.18. The molecule has 84 valence electrons. The van der Waals surface area contributed by atoms with Gasteiger partial charge in [-0.1, -0.05) is 0 Å². The third kappa shape index (κ3) is 3.93. The number of alkyl halides is 2. The van der Waals surface area contributed by atoms with Crippen LogP contribution in [0.1, 0.15) is 5.69 Å². The Morgan fingerprint density at radius 1 is 1.53 bits per heavy atom. The molecule has 0 aliphatic rings. The van der Waals surface area contributed by atoms with Crippen molar-refractivity contribution in [3.8, 4) is 0 Å². The van der Waals surface area contributed by atoms with Gasteiger partial charge in [0.2, 0.25) is 5.28 Å². The van der Waals surface area contributed by atoms with E-state index in [2.05, 4.69) is 15.3 Å². The Kier molecular flexibility index (Phi) is 3.76. The highest BCUT2D eigenvalue weighted by Crippen LogP contribution is 2.15. The summed E-state index contributed by atoms with van der Waals surface area (Å²) in [5.41, 5.74) is 0.574. The van der Waals surface area contributed by atoms with Crippen LogP contribution in [0.2, 0.25) is 5.28 Å². The summed E-state index contributed by atoms with van der Waals surface area (Å²) >= 11 is 5.53. The molecule has 7 heteroatoms. The highest BCUT2D eigenvalue weighted by molar-refractivity contribution is 6.28. The maximum atomic E-state index is 12.7. The summed E-state index contributed by atoms with van der Waals surface area (Å²) in [6, 6.07) is 1.49. The molecule has 0 aliphatic carbocycles. The zero-order chi connectivity index (χ0) is 11.5. The molecular formula is C8H10ClF2N3O. The van der Waals surface area contributed by atoms with Gasteiger partial charge < -0.3 is 10.4 Å². The van der Waals surface area contributed by atoms with Gasteiger partial charge in [-0.25, -0.2) is 18.7 Å². The Morgan fingerprint density at radius 3 is 2.73 bits per heavy atom. The van der Waals surface area contributed by atoms with Crippen LogP contribution in [0.4, 0.5) is 14.6 Å². The number of aryl methyl sites for hydroxylation is 1. The van der Waals surface area contributed by atoms with Crippen molar-refractivity contribution in [1.29, 1.82) is 0 Å². The van der Waals surface area contributed by atoms with Crippen LogP contribution in [-0.4, -0.2) is 34.1 Å². The van der Waals surface area contributed by atoms with Gasteiger partial charge in [-0.3, -0.25) is 0 Å². The molecule has 4 nitrogen and oxygen atoms in total. The quantitative estimate of drug-likeness (QED) is 0.779. The lowest BCUT2D eigenvalue weighted by Crippen LogP contribution is -2.31. The fraction of sp³-hybridized carbons (Fsp3) is 0.500. The van der Waals surface area contributed by atoms with Crippen molar-refractivity contribution in [3.05, 3.63) is 17.0 Å². The van der Waals surface area contributed by atoms with Crippen molar-refractivity contribution in [2.45, 2.75) is 12.8 Å². The van der Waals surface area contributed by atoms with E-state index in [9.17, 15) is 8.78 Å². The molecule has 0 saturated carbocycles. The van der Waals surface area contributed by atoms with Crippen LogP contribution < -0.4 is 5.32 Å². The second-order valence-corrected chi connectivity index (χ2v) is 3.37. The highest BCUT2D eigenvalue weighted by Gasteiger charge is 2.27. The molecule has 1 aromatic rings. The van der Waals surface area contributed by atoms with Crippen molar-refractivity contribution < 1.29 is 13.9 Å². The maximum Gasteiger partial charge on any atom is 0.287 e. The normalized spacial score (nSPS) is 11.5. The van der Waals surface area contributed by atoms with Crippen molar-refractivity contribution in [2.75, 3.05) is 18.5 Å². The smallest absolute Gasteiger partial charge is 0.287 e. The number of nitrogens with one attached hydrogen (secondary N) is 1. The van der Waals surface area contributed by atoms with Gasteiger partial charge in [-0.2, -0.15) is 0 Å². The molecule has 0 aliphatic heterocycles. The first-order chi connectivity index (χ1) is 6.93. The van der Waals surface area contributed by atoms with Gasteiger partial charge in [-0.05, 0) is 18.5 Å². The number of hydrogen-bond donors (Lipinski definition) is 2. The first kappa shape index (κ1) is 12.1. The Labute approximate surface area is 90.3 Å². The van der Waals surface area contributed by atoms with E-state index in [1.807, 2.05) is 0 Å². The lowest BCUT2D eigenvalue weighted by molar-refractivity contribution is -0.0373. The molecule has 0 radical (unpaired) electrons. The van der Waals surface area contributed by atoms with E-state index in [0.717, 1.165) is 0 Å². The summed E-state index contributed by atoms with van der Waals surface area (Å²) < 4.78 is 25.3. The van der Waals surface area contributed by atoms with Crippen molar-refractivity contribution >= 4 is 17.4 Å². The first-order valence-corrected chi connectivity index (χ1v) is 4.54. The molecule has 0 aromatic carbocycles. The van der Waals surface area contributed by atoms with Crippen LogP contribution in [0.3, 0.4) is 0 Å². The molecule has 0 bridgehead atoms. The Bertz CT molecular complexity index is 328. The van der Waals surface area contributed by atoms with E-state index in [0.29, 0.717) is 5.69 Å². The fourth-order valence-corrected chi connectivity index (χ4v) is 1.12. The van der Waals surface area contributed by atoms with E-state index in [4.69, 9.17) is 16.7 Å². The third-order valence-corrected chi connectivity index (χ3v) is 1.76. The van der Waals surface area contributed by atoms with E-state index >= 15 is 0 Å². The number of anilines is 1. The average Bonchev–Trinajstić information content (AvgIpc) is 2.14. The summed E-state index contributed by atoms with van der Waals surface area (Å²) in [4.78, 5) is 7.48. The predicted molar refractivity (Wildman–Crippen MR) is 52.3 cm³/mol. The number of halogens is 3. The van der Waals surface area contributed by atoms with E-state index in [1.54, 1.807) is 6.92 Å². The predicted octanol–water partition coefficient (Wildman–Crippen LogP) is 1.48. The molecule has 1 aromatic heterocycles. The molecule has 0 saturated heterocycles. The number of aliphatic hydroxyl groups excluding tert-OH is 1. The zero-order valence-corrected chi connectivity index (χ0v) is 8.72. The average molecular weight is 238 g/mol. The maximum absolute atomic E-state index is 12.7. The largest absolute Gasteiger partial charge is 0.390 e. The molecule has 15 heavy (non-hydrogen) atoms. The summed E-state index contributed by atoms with van der Waals surface area (Å²) in [7, 11) is 0. The molecule has 2 N–H and O–H groups in total. The van der Waals surface area contributed by atoms with Gasteiger partial charge in [0.25, 0.3) is 5.92 Å². The van der Waals surface area contributed by atoms with Gasteiger partial charge in [0, 0.05) is 11.8 Å². The molecular weight excluding hydrogens is 228 g/mol. The minimum absolute atomic E-state index is 0.00943. The molecule has 0 fully saturated rings. The van der Waals surface area contributed by atoms with Crippen LogP contribution in [-0.2, 0) is 0 Å². The highest BCUT2D eigenvalue weighted by atomic mass is 35.5. The van der Waals surface area contributed by atoms with Gasteiger partial charge in [0.15, 0.2) is 0 Å². The molecule has 0 unspecified atom stereocenters. The summed E-state index contributed by atoms with van der Waals surface area (Å²) in [6.45, 7) is -0.239.